The van der Waals surface area contributed by atoms with Crippen molar-refractivity contribution in [2.75, 3.05) is 44.5 Å². The number of benzene rings is 1. The Hall–Kier alpha value is -1.82. The van der Waals surface area contributed by atoms with E-state index in [1.165, 1.54) is 4.90 Å². The number of quaternary nitrogens is 1. The van der Waals surface area contributed by atoms with Crippen LogP contribution in [0.5, 0.6) is 5.88 Å². The van der Waals surface area contributed by atoms with E-state index in [1.54, 1.807) is 7.11 Å². The third kappa shape index (κ3) is 4.72. The summed E-state index contributed by atoms with van der Waals surface area (Å²) in [5.74, 6) is 1.40. The van der Waals surface area contributed by atoms with E-state index in [2.05, 4.69) is 17.2 Å². The molecule has 27 heavy (non-hydrogen) atoms. The Kier molecular flexibility index (Phi) is 6.94. The summed E-state index contributed by atoms with van der Waals surface area (Å²) in [7, 11) is 1.65. The smallest absolute Gasteiger partial charge is 0.366 e. The van der Waals surface area contributed by atoms with Crippen LogP contribution < -0.4 is 19.9 Å². The van der Waals surface area contributed by atoms with Gasteiger partial charge >= 0.3 is 5.88 Å². The van der Waals surface area contributed by atoms with Crippen LogP contribution >= 0.6 is 23.2 Å². The number of aromatic nitrogens is 2. The first kappa shape index (κ1) is 19.9. The summed E-state index contributed by atoms with van der Waals surface area (Å²) in [5, 5.41) is 5.33. The maximum Gasteiger partial charge on any atom is 0.366 e. The molecule has 0 bridgehead atoms. The first-order chi connectivity index (χ1) is 13.2. The fourth-order valence-corrected chi connectivity index (χ4v) is 3.72. The van der Waals surface area contributed by atoms with E-state index in [1.807, 2.05) is 30.3 Å². The van der Waals surface area contributed by atoms with Gasteiger partial charge in [-0.3, -0.25) is 0 Å². The Morgan fingerprint density at radius 2 is 2.04 bits per heavy atom. The van der Waals surface area contributed by atoms with Crippen LogP contribution in [-0.2, 0) is 0 Å². The molecule has 0 aliphatic heterocycles. The van der Waals surface area contributed by atoms with Crippen LogP contribution in [0.2, 0.25) is 5.02 Å². The topological polar surface area (TPSA) is 52.7 Å². The highest BCUT2D eigenvalue weighted by molar-refractivity contribution is 6.31. The van der Waals surface area contributed by atoms with E-state index in [4.69, 9.17) is 32.9 Å². The second-order valence-corrected chi connectivity index (χ2v) is 7.32. The lowest BCUT2D eigenvalue weighted by atomic mass is 10.1. The highest BCUT2D eigenvalue weighted by Gasteiger charge is 2.17. The third-order valence-electron chi connectivity index (χ3n) is 4.79. The molecule has 0 saturated carbocycles. The number of H-pyrrole nitrogens is 1. The van der Waals surface area contributed by atoms with Crippen molar-refractivity contribution in [3.63, 3.8) is 0 Å². The van der Waals surface area contributed by atoms with Crippen molar-refractivity contribution in [1.29, 1.82) is 0 Å². The predicted octanol–water partition coefficient (Wildman–Crippen LogP) is 2.81. The van der Waals surface area contributed by atoms with Crippen LogP contribution in [0.1, 0.15) is 13.3 Å². The number of nitrogens with one attached hydrogen (secondary N) is 3. The molecule has 144 valence electrons. The molecular formula is C20H26Cl2N4O+2. The molecule has 1 atom stereocenters. The number of halogens is 2. The Balaban J connectivity index is 1.90. The number of methoxy groups -OCH3 is 1. The Morgan fingerprint density at radius 3 is 2.78 bits per heavy atom. The molecule has 1 unspecified atom stereocenters. The lowest BCUT2D eigenvalue weighted by Crippen LogP contribution is -3.12. The SMILES string of the molecule is CC[NH+](CCCl)CCCNc1c2ccc(Cl)cc2nc2ccc(OC)[nH+]c12. The molecule has 0 fully saturated rings. The largest absolute Gasteiger partial charge is 0.448 e. The molecule has 7 heteroatoms. The van der Waals surface area contributed by atoms with Gasteiger partial charge in [0, 0.05) is 23.4 Å². The van der Waals surface area contributed by atoms with E-state index >= 15 is 0 Å². The number of pyridine rings is 2. The van der Waals surface area contributed by atoms with Crippen molar-refractivity contribution in [1.82, 2.24) is 4.98 Å². The van der Waals surface area contributed by atoms with Gasteiger partial charge in [-0.2, -0.15) is 4.98 Å². The molecule has 1 aromatic carbocycles. The first-order valence-electron chi connectivity index (χ1n) is 9.29. The fourth-order valence-electron chi connectivity index (χ4n) is 3.29. The van der Waals surface area contributed by atoms with Crippen molar-refractivity contribution in [3.8, 4) is 5.88 Å². The number of fused-ring (bicyclic) bond motifs is 2. The fraction of sp³-hybridized carbons (Fsp3) is 0.400. The standard InChI is InChI=1S/C20H24Cl2N4O/c1-3-26(12-9-21)11-4-10-23-19-15-6-5-14(22)13-17(15)24-16-7-8-18(27-2)25-20(16)19/h5-8,13H,3-4,9-12H2,1-2H3,(H,23,24)/p+2. The second-order valence-electron chi connectivity index (χ2n) is 6.51. The average molecular weight is 409 g/mol. The Bertz CT molecular complexity index is 919. The molecule has 0 amide bonds. The average Bonchev–Trinajstić information content (AvgIpc) is 2.68. The second kappa shape index (κ2) is 9.40. The summed E-state index contributed by atoms with van der Waals surface area (Å²) in [4.78, 5) is 9.59. The van der Waals surface area contributed by atoms with Crippen molar-refractivity contribution in [3.05, 3.63) is 35.4 Å². The number of hydrogen-bond acceptors (Lipinski definition) is 3. The highest BCUT2D eigenvalue weighted by Crippen LogP contribution is 2.30. The van der Waals surface area contributed by atoms with Crippen molar-refractivity contribution in [2.45, 2.75) is 13.3 Å². The van der Waals surface area contributed by atoms with Gasteiger partial charge in [0.1, 0.15) is 11.2 Å². The maximum absolute atomic E-state index is 6.18. The molecule has 0 saturated heterocycles. The van der Waals surface area contributed by atoms with Gasteiger partial charge in [-0.1, -0.05) is 11.6 Å². The van der Waals surface area contributed by atoms with E-state index in [-0.39, 0.29) is 0 Å². The van der Waals surface area contributed by atoms with Gasteiger partial charge in [-0.25, -0.2) is 4.98 Å². The molecule has 3 rings (SSSR count). The van der Waals surface area contributed by atoms with Gasteiger partial charge in [-0.15, -0.1) is 11.6 Å². The number of rotatable bonds is 9. The lowest BCUT2D eigenvalue weighted by Gasteiger charge is -2.16. The molecule has 5 nitrogen and oxygen atoms in total. The quantitative estimate of drug-likeness (QED) is 0.325. The number of alkyl halides is 1. The molecule has 3 aromatic rings. The summed E-state index contributed by atoms with van der Waals surface area (Å²) in [5.41, 5.74) is 3.71. The van der Waals surface area contributed by atoms with Crippen LogP contribution in [0.25, 0.3) is 21.9 Å². The van der Waals surface area contributed by atoms with Gasteiger partial charge in [0.15, 0.2) is 0 Å². The van der Waals surface area contributed by atoms with E-state index in [0.717, 1.165) is 60.2 Å². The summed E-state index contributed by atoms with van der Waals surface area (Å²) in [6.45, 7) is 6.26. The van der Waals surface area contributed by atoms with Crippen molar-refractivity contribution >= 4 is 50.8 Å². The molecular weight excluding hydrogens is 383 g/mol. The number of nitrogens with zero attached hydrogens (tertiary/aromatic N) is 1. The summed E-state index contributed by atoms with van der Waals surface area (Å²) < 4.78 is 5.36. The molecule has 0 aliphatic carbocycles. The minimum Gasteiger partial charge on any atom is -0.448 e. The van der Waals surface area contributed by atoms with Crippen molar-refractivity contribution < 1.29 is 14.6 Å². The zero-order valence-corrected chi connectivity index (χ0v) is 17.3. The van der Waals surface area contributed by atoms with E-state index in [9.17, 15) is 0 Å². The summed E-state index contributed by atoms with van der Waals surface area (Å²) in [6.07, 6.45) is 1.06. The monoisotopic (exact) mass is 408 g/mol. The summed E-state index contributed by atoms with van der Waals surface area (Å²) in [6, 6.07) is 9.64. The Morgan fingerprint density at radius 1 is 1.19 bits per heavy atom. The van der Waals surface area contributed by atoms with Crippen molar-refractivity contribution in [2.24, 2.45) is 0 Å². The lowest BCUT2D eigenvalue weighted by molar-refractivity contribution is -0.895. The summed E-state index contributed by atoms with van der Waals surface area (Å²) >= 11 is 12.1. The molecule has 3 N–H and O–H groups in total. The number of hydrogen-bond donors (Lipinski definition) is 2. The molecule has 0 radical (unpaired) electrons. The van der Waals surface area contributed by atoms with Gasteiger partial charge in [0.05, 0.1) is 44.2 Å². The minimum absolute atomic E-state index is 0.682. The van der Waals surface area contributed by atoms with Gasteiger partial charge < -0.3 is 15.0 Å². The number of anilines is 1. The van der Waals surface area contributed by atoms with Crippen LogP contribution in [0.4, 0.5) is 5.69 Å². The van der Waals surface area contributed by atoms with Crippen LogP contribution in [0.15, 0.2) is 30.3 Å². The number of aromatic amines is 1. The van der Waals surface area contributed by atoms with Gasteiger partial charge in [-0.05, 0) is 31.2 Å². The normalized spacial score (nSPS) is 12.4. The van der Waals surface area contributed by atoms with Gasteiger partial charge in [0.25, 0.3) is 5.52 Å². The molecule has 0 aliphatic rings. The predicted molar refractivity (Wildman–Crippen MR) is 112 cm³/mol. The maximum atomic E-state index is 6.18. The van der Waals surface area contributed by atoms with Gasteiger partial charge in [0.2, 0.25) is 0 Å². The van der Waals surface area contributed by atoms with E-state index in [0.29, 0.717) is 16.8 Å². The minimum atomic E-state index is 0.682. The zero-order valence-electron chi connectivity index (χ0n) is 15.7. The molecule has 0 spiro atoms. The highest BCUT2D eigenvalue weighted by atomic mass is 35.5. The molecule has 2 aromatic heterocycles. The number of ether oxygens (including phenoxy) is 1. The Labute approximate surface area is 169 Å². The first-order valence-corrected chi connectivity index (χ1v) is 10.2. The molecule has 2 heterocycles. The van der Waals surface area contributed by atoms with Crippen LogP contribution in [0.3, 0.4) is 0 Å². The van der Waals surface area contributed by atoms with Crippen LogP contribution in [-0.4, -0.2) is 44.2 Å². The third-order valence-corrected chi connectivity index (χ3v) is 5.22. The zero-order chi connectivity index (χ0) is 19.2. The van der Waals surface area contributed by atoms with E-state index < -0.39 is 0 Å². The van der Waals surface area contributed by atoms with Crippen LogP contribution in [0, 0.1) is 0 Å².